The number of nitrogens with two attached hydrogens (primary N) is 1. The summed E-state index contributed by atoms with van der Waals surface area (Å²) < 4.78 is 37.4. The van der Waals surface area contributed by atoms with E-state index in [0.29, 0.717) is 0 Å². The van der Waals surface area contributed by atoms with Gasteiger partial charge in [0.05, 0.1) is 39.5 Å². The van der Waals surface area contributed by atoms with E-state index in [4.69, 9.17) is 4.74 Å². The van der Waals surface area contributed by atoms with Gasteiger partial charge in [-0.3, -0.25) is 9.61 Å². The molecule has 0 atom stereocenters. The highest BCUT2D eigenvalue weighted by Gasteiger charge is 2.11. The van der Waals surface area contributed by atoms with Gasteiger partial charge in [-0.1, -0.05) is 96.8 Å². The predicted molar refractivity (Wildman–Crippen MR) is 130 cm³/mol. The first kappa shape index (κ1) is 31.8. The van der Waals surface area contributed by atoms with Crippen LogP contribution < -0.4 is 5.43 Å². The van der Waals surface area contributed by atoms with Crippen LogP contribution >= 0.6 is 0 Å². The van der Waals surface area contributed by atoms with Crippen LogP contribution in [0.2, 0.25) is 0 Å². The van der Waals surface area contributed by atoms with Gasteiger partial charge < -0.3 is 9.29 Å². The van der Waals surface area contributed by atoms with Crippen LogP contribution in [-0.4, -0.2) is 57.4 Å². The van der Waals surface area contributed by atoms with Gasteiger partial charge in [0.1, 0.15) is 0 Å². The Kier molecular flexibility index (Phi) is 23.7. The van der Waals surface area contributed by atoms with E-state index < -0.39 is 10.4 Å². The highest BCUT2D eigenvalue weighted by molar-refractivity contribution is 7.80. The highest BCUT2D eigenvalue weighted by atomic mass is 32.3. The van der Waals surface area contributed by atoms with Gasteiger partial charge in [0, 0.05) is 0 Å². The molecular formula is C24H52N2O5S. The molecule has 0 aromatic carbocycles. The van der Waals surface area contributed by atoms with Crippen molar-refractivity contribution in [2.24, 2.45) is 0 Å². The van der Waals surface area contributed by atoms with Crippen LogP contribution in [0.25, 0.3) is 0 Å². The minimum absolute atomic E-state index is 0.0914. The van der Waals surface area contributed by atoms with Gasteiger partial charge in [-0.15, -0.1) is 0 Å². The molecule has 0 aromatic rings. The molecular weight excluding hydrogens is 428 g/mol. The lowest BCUT2D eigenvalue weighted by molar-refractivity contribution is -0.806. The smallest absolute Gasteiger partial charge is 0.217 e. The number of hydrogen-bond donors (Lipinski definition) is 1. The van der Waals surface area contributed by atoms with Crippen molar-refractivity contribution in [1.29, 1.82) is 0 Å². The number of hydrogen-bond acceptors (Lipinski definition) is 6. The van der Waals surface area contributed by atoms with E-state index in [9.17, 15) is 13.0 Å². The molecule has 0 radical (unpaired) electrons. The van der Waals surface area contributed by atoms with Crippen LogP contribution in [0.15, 0.2) is 0 Å². The average Bonchev–Trinajstić information content (AvgIpc) is 2.76. The van der Waals surface area contributed by atoms with Gasteiger partial charge in [-0.2, -0.15) is 5.01 Å². The maximum Gasteiger partial charge on any atom is 0.217 e. The Labute approximate surface area is 198 Å². The second-order valence-electron chi connectivity index (χ2n) is 8.74. The summed E-state index contributed by atoms with van der Waals surface area (Å²) in [4.78, 5) is 0. The maximum absolute atomic E-state index is 9.45. The minimum atomic E-state index is -4.42. The Morgan fingerprint density at radius 2 is 1.16 bits per heavy atom. The third-order valence-electron chi connectivity index (χ3n) is 5.75. The van der Waals surface area contributed by atoms with Crippen LogP contribution in [0.5, 0.6) is 0 Å². The summed E-state index contributed by atoms with van der Waals surface area (Å²) >= 11 is 0. The standard InChI is InChI=1S/C22H46N2O.C2H6O4S/c1-2-3-4-5-6-7-8-9-10-11-12-13-14-15-16-17-18-23-24-19-21-25-22-20-24;1-2-6-7(3,4)5/h23H,2-22H2,1H3;2H2,1H3,(H,3,4,5). The van der Waals surface area contributed by atoms with Crippen molar-refractivity contribution in [1.82, 2.24) is 5.01 Å². The monoisotopic (exact) mass is 480 g/mol. The summed E-state index contributed by atoms with van der Waals surface area (Å²) in [6.45, 7) is 8.91. The van der Waals surface area contributed by atoms with Crippen molar-refractivity contribution >= 4 is 10.4 Å². The zero-order chi connectivity index (χ0) is 23.8. The van der Waals surface area contributed by atoms with E-state index in [1.165, 1.54) is 116 Å². The number of ether oxygens (including phenoxy) is 1. The van der Waals surface area contributed by atoms with Crippen LogP contribution in [0.1, 0.15) is 117 Å². The Bertz CT molecular complexity index is 471. The van der Waals surface area contributed by atoms with Gasteiger partial charge in [-0.05, 0) is 19.8 Å². The highest BCUT2D eigenvalue weighted by Crippen LogP contribution is 2.13. The fraction of sp³-hybridized carbons (Fsp3) is 1.00. The van der Waals surface area contributed by atoms with Crippen LogP contribution in [-0.2, 0) is 19.3 Å². The van der Waals surface area contributed by atoms with Gasteiger partial charge in [0.25, 0.3) is 0 Å². The fourth-order valence-corrected chi connectivity index (χ4v) is 4.16. The van der Waals surface area contributed by atoms with Gasteiger partial charge >= 0.3 is 0 Å². The van der Waals surface area contributed by atoms with E-state index in [1.807, 2.05) is 0 Å². The quantitative estimate of drug-likeness (QED) is 0.119. The van der Waals surface area contributed by atoms with E-state index in [-0.39, 0.29) is 6.61 Å². The molecule has 1 saturated heterocycles. The van der Waals surface area contributed by atoms with Gasteiger partial charge in [-0.25, -0.2) is 8.42 Å². The maximum atomic E-state index is 9.45. The minimum Gasteiger partial charge on any atom is -0.726 e. The Morgan fingerprint density at radius 3 is 1.50 bits per heavy atom. The molecule has 32 heavy (non-hydrogen) atoms. The Morgan fingerprint density at radius 1 is 0.750 bits per heavy atom. The van der Waals surface area contributed by atoms with E-state index in [1.54, 1.807) is 0 Å². The molecule has 1 heterocycles. The molecule has 8 heteroatoms. The predicted octanol–water partition coefficient (Wildman–Crippen LogP) is 4.54. The zero-order valence-corrected chi connectivity index (χ0v) is 21.8. The number of nitrogens with zero attached hydrogens (tertiary/aromatic N) is 1. The van der Waals surface area contributed by atoms with Crippen molar-refractivity contribution in [3.63, 3.8) is 0 Å². The molecule has 0 bridgehead atoms. The molecule has 1 aliphatic heterocycles. The third-order valence-corrected chi connectivity index (χ3v) is 6.28. The summed E-state index contributed by atoms with van der Waals surface area (Å²) in [5, 5.41) is 2.44. The van der Waals surface area contributed by atoms with Gasteiger partial charge in [0.15, 0.2) is 0 Å². The lowest BCUT2D eigenvalue weighted by Crippen LogP contribution is -2.95. The first-order valence-corrected chi connectivity index (χ1v) is 14.6. The van der Waals surface area contributed by atoms with Crippen molar-refractivity contribution in [2.75, 3.05) is 39.5 Å². The van der Waals surface area contributed by atoms with Crippen LogP contribution in [0.3, 0.4) is 0 Å². The summed E-state index contributed by atoms with van der Waals surface area (Å²) in [5.41, 5.74) is 2.41. The third kappa shape index (κ3) is 26.0. The molecule has 0 unspecified atom stereocenters. The number of morpholine rings is 1. The summed E-state index contributed by atoms with van der Waals surface area (Å²) in [6, 6.07) is 0. The zero-order valence-electron chi connectivity index (χ0n) is 21.0. The molecule has 0 aromatic heterocycles. The van der Waals surface area contributed by atoms with Crippen LogP contribution in [0, 0.1) is 0 Å². The number of rotatable bonds is 20. The van der Waals surface area contributed by atoms with E-state index >= 15 is 0 Å². The fourth-order valence-electron chi connectivity index (χ4n) is 3.87. The van der Waals surface area contributed by atoms with Crippen molar-refractivity contribution in [3.8, 4) is 0 Å². The second-order valence-corrected chi connectivity index (χ2v) is 9.79. The average molecular weight is 481 g/mol. The largest absolute Gasteiger partial charge is 0.726 e. The summed E-state index contributed by atoms with van der Waals surface area (Å²) in [7, 11) is -4.42. The molecule has 0 aliphatic carbocycles. The second kappa shape index (κ2) is 23.9. The lowest BCUT2D eigenvalue weighted by Gasteiger charge is -2.23. The molecule has 0 saturated carbocycles. The Hall–Kier alpha value is -0.250. The van der Waals surface area contributed by atoms with Crippen molar-refractivity contribution in [3.05, 3.63) is 0 Å². The first-order valence-electron chi connectivity index (χ1n) is 13.2. The normalized spacial score (nSPS) is 14.8. The molecule has 7 nitrogen and oxygen atoms in total. The van der Waals surface area contributed by atoms with Crippen molar-refractivity contribution < 1.29 is 27.3 Å². The van der Waals surface area contributed by atoms with Crippen molar-refractivity contribution in [2.45, 2.75) is 117 Å². The summed E-state index contributed by atoms with van der Waals surface area (Å²) in [6.07, 6.45) is 23.2. The molecule has 1 rings (SSSR count). The number of unbranched alkanes of at least 4 members (excludes halogenated alkanes) is 15. The molecule has 194 valence electrons. The summed E-state index contributed by atoms with van der Waals surface area (Å²) in [5.74, 6) is 0. The first-order chi connectivity index (χ1) is 15.5. The molecule has 0 spiro atoms. The number of quaternary nitrogens is 1. The lowest BCUT2D eigenvalue weighted by atomic mass is 10.0. The SMILES string of the molecule is CCCCCCCCCCCCCCCCCC[NH2+]N1CCOCC1.CCOS(=O)(=O)[O-]. The Balaban J connectivity index is 0.00000118. The topological polar surface area (TPSA) is 95.5 Å². The van der Waals surface area contributed by atoms with Gasteiger partial charge in [0.2, 0.25) is 10.4 Å². The van der Waals surface area contributed by atoms with E-state index in [0.717, 1.165) is 26.3 Å². The molecule has 2 N–H and O–H groups in total. The van der Waals surface area contributed by atoms with E-state index in [2.05, 4.69) is 21.5 Å². The molecule has 1 fully saturated rings. The molecule has 0 amide bonds. The van der Waals surface area contributed by atoms with Crippen LogP contribution in [0.4, 0.5) is 0 Å². The molecule has 1 aliphatic rings.